The number of aliphatic hydroxyl groups is 1. The van der Waals surface area contributed by atoms with E-state index in [2.05, 4.69) is 0 Å². The van der Waals surface area contributed by atoms with Gasteiger partial charge in [-0.25, -0.2) is 27.4 Å². The number of likely N-dealkylation sites (tertiary alicyclic amines) is 1. The van der Waals surface area contributed by atoms with Gasteiger partial charge in [-0.05, 0) is 31.7 Å². The van der Waals surface area contributed by atoms with Gasteiger partial charge in [-0.2, -0.15) is 0 Å². The molecule has 31 heavy (non-hydrogen) atoms. The van der Waals surface area contributed by atoms with Crippen molar-refractivity contribution in [1.82, 2.24) is 14.7 Å². The molecular formula is C19H26FN3O7S. The van der Waals surface area contributed by atoms with Crippen LogP contribution in [0.5, 0.6) is 0 Å². The number of carbonyl (C=O) groups excluding carboxylic acids is 1. The number of hydrogen-bond donors (Lipinski definition) is 4. The van der Waals surface area contributed by atoms with Crippen LogP contribution in [0.1, 0.15) is 31.2 Å². The highest BCUT2D eigenvalue weighted by Gasteiger charge is 2.48. The topological polar surface area (TPSA) is 147 Å². The SMILES string of the molecule is O=C(O)N1CCC(CS(=O)(=O)N2CCC(O)(c3ccccc3F)CC2)(C(=O)NO)CC1. The first kappa shape index (κ1) is 23.4. The molecule has 2 amide bonds. The Kier molecular flexibility index (Phi) is 6.56. The Hall–Kier alpha value is -2.28. The van der Waals surface area contributed by atoms with Crippen molar-refractivity contribution in [2.24, 2.45) is 5.41 Å². The maximum atomic E-state index is 14.1. The molecular weight excluding hydrogens is 433 g/mol. The fourth-order valence-electron chi connectivity index (χ4n) is 4.36. The van der Waals surface area contributed by atoms with Crippen molar-refractivity contribution in [2.75, 3.05) is 31.9 Å². The number of nitrogens with zero attached hydrogens (tertiary/aromatic N) is 2. The van der Waals surface area contributed by atoms with E-state index in [9.17, 15) is 27.5 Å². The van der Waals surface area contributed by atoms with Crippen LogP contribution in [0.4, 0.5) is 9.18 Å². The van der Waals surface area contributed by atoms with Crippen molar-refractivity contribution >= 4 is 22.0 Å². The molecule has 2 aliphatic rings. The molecule has 172 valence electrons. The van der Waals surface area contributed by atoms with Crippen LogP contribution in [0, 0.1) is 11.2 Å². The number of rotatable bonds is 5. The predicted octanol–water partition coefficient (Wildman–Crippen LogP) is 0.704. The molecule has 0 aromatic heterocycles. The van der Waals surface area contributed by atoms with E-state index in [0.29, 0.717) is 0 Å². The van der Waals surface area contributed by atoms with E-state index in [1.807, 2.05) is 0 Å². The molecule has 0 spiro atoms. The number of hydroxylamine groups is 1. The molecule has 2 fully saturated rings. The maximum Gasteiger partial charge on any atom is 0.407 e. The number of sulfonamides is 1. The molecule has 1 aromatic rings. The van der Waals surface area contributed by atoms with E-state index in [0.717, 1.165) is 9.21 Å². The Bertz CT molecular complexity index is 940. The van der Waals surface area contributed by atoms with Gasteiger partial charge in [0, 0.05) is 31.7 Å². The van der Waals surface area contributed by atoms with Crippen molar-refractivity contribution in [3.8, 4) is 0 Å². The van der Waals surface area contributed by atoms with Crippen molar-refractivity contribution in [3.63, 3.8) is 0 Å². The smallest absolute Gasteiger partial charge is 0.407 e. The second kappa shape index (κ2) is 8.69. The molecule has 12 heteroatoms. The second-order valence-electron chi connectivity index (χ2n) is 8.16. The van der Waals surface area contributed by atoms with Crippen molar-refractivity contribution in [2.45, 2.75) is 31.3 Å². The van der Waals surface area contributed by atoms with Crippen LogP contribution in [0.25, 0.3) is 0 Å². The highest BCUT2D eigenvalue weighted by Crippen LogP contribution is 2.38. The summed E-state index contributed by atoms with van der Waals surface area (Å²) in [6.07, 6.45) is -1.31. The molecule has 0 aliphatic carbocycles. The minimum absolute atomic E-state index is 0.0147. The lowest BCUT2D eigenvalue weighted by Gasteiger charge is -2.42. The summed E-state index contributed by atoms with van der Waals surface area (Å²) in [6.45, 7) is -0.201. The first-order chi connectivity index (χ1) is 14.5. The lowest BCUT2D eigenvalue weighted by Crippen LogP contribution is -2.55. The lowest BCUT2D eigenvalue weighted by atomic mass is 9.79. The summed E-state index contributed by atoms with van der Waals surface area (Å²) in [5.74, 6) is -2.04. The summed E-state index contributed by atoms with van der Waals surface area (Å²) in [7, 11) is -3.99. The molecule has 2 saturated heterocycles. The summed E-state index contributed by atoms with van der Waals surface area (Å²) in [6, 6.07) is 5.80. The highest BCUT2D eigenvalue weighted by atomic mass is 32.2. The average Bonchev–Trinajstić information content (AvgIpc) is 2.73. The van der Waals surface area contributed by atoms with Gasteiger partial charge in [-0.1, -0.05) is 18.2 Å². The normalized spacial score (nSPS) is 21.5. The third-order valence-corrected chi connectivity index (χ3v) is 8.42. The van der Waals surface area contributed by atoms with Crippen LogP contribution >= 0.6 is 0 Å². The Labute approximate surface area is 179 Å². The third-order valence-electron chi connectivity index (χ3n) is 6.35. The summed E-state index contributed by atoms with van der Waals surface area (Å²) >= 11 is 0. The van der Waals surface area contributed by atoms with Crippen LogP contribution in [0.15, 0.2) is 24.3 Å². The Morgan fingerprint density at radius 1 is 1.06 bits per heavy atom. The van der Waals surface area contributed by atoms with Crippen molar-refractivity contribution in [1.29, 1.82) is 0 Å². The van der Waals surface area contributed by atoms with E-state index in [-0.39, 0.29) is 57.4 Å². The van der Waals surface area contributed by atoms with E-state index < -0.39 is 44.6 Å². The quantitative estimate of drug-likeness (QED) is 0.374. The second-order valence-corrected chi connectivity index (χ2v) is 10.1. The number of halogens is 1. The molecule has 1 aromatic carbocycles. The minimum Gasteiger partial charge on any atom is -0.465 e. The molecule has 0 bridgehead atoms. The molecule has 2 aliphatic heterocycles. The summed E-state index contributed by atoms with van der Waals surface area (Å²) in [5, 5.41) is 29.1. The lowest BCUT2D eigenvalue weighted by molar-refractivity contribution is -0.141. The molecule has 3 rings (SSSR count). The van der Waals surface area contributed by atoms with Gasteiger partial charge in [0.1, 0.15) is 5.82 Å². The predicted molar refractivity (Wildman–Crippen MR) is 106 cm³/mol. The van der Waals surface area contributed by atoms with Gasteiger partial charge >= 0.3 is 6.09 Å². The van der Waals surface area contributed by atoms with Gasteiger partial charge in [-0.3, -0.25) is 10.0 Å². The van der Waals surface area contributed by atoms with Crippen LogP contribution in [-0.4, -0.2) is 77.0 Å². The van der Waals surface area contributed by atoms with Crippen LogP contribution in [-0.2, 0) is 20.4 Å². The van der Waals surface area contributed by atoms with E-state index in [1.54, 1.807) is 6.07 Å². The maximum absolute atomic E-state index is 14.1. The third kappa shape index (κ3) is 4.66. The molecule has 10 nitrogen and oxygen atoms in total. The largest absolute Gasteiger partial charge is 0.465 e. The Balaban J connectivity index is 1.73. The van der Waals surface area contributed by atoms with Gasteiger partial charge < -0.3 is 15.1 Å². The fourth-order valence-corrected chi connectivity index (χ4v) is 6.40. The van der Waals surface area contributed by atoms with Gasteiger partial charge in [0.25, 0.3) is 5.91 Å². The molecule has 2 heterocycles. The van der Waals surface area contributed by atoms with Gasteiger partial charge in [0.15, 0.2) is 0 Å². The number of amides is 2. The van der Waals surface area contributed by atoms with Crippen LogP contribution in [0.2, 0.25) is 0 Å². The number of carboxylic acid groups (broad SMARTS) is 1. The van der Waals surface area contributed by atoms with Crippen molar-refractivity contribution < 1.29 is 37.8 Å². The number of nitrogens with one attached hydrogen (secondary N) is 1. The zero-order valence-electron chi connectivity index (χ0n) is 16.8. The Morgan fingerprint density at radius 3 is 2.16 bits per heavy atom. The molecule has 0 saturated carbocycles. The first-order valence-corrected chi connectivity index (χ1v) is 11.5. The Morgan fingerprint density at radius 2 is 1.65 bits per heavy atom. The van der Waals surface area contributed by atoms with Crippen molar-refractivity contribution in [3.05, 3.63) is 35.6 Å². The number of hydrogen-bond acceptors (Lipinski definition) is 6. The number of piperidine rings is 2. The average molecular weight is 459 g/mol. The molecule has 4 N–H and O–H groups in total. The van der Waals surface area contributed by atoms with E-state index in [1.165, 1.54) is 23.7 Å². The van der Waals surface area contributed by atoms with Gasteiger partial charge in [-0.15, -0.1) is 0 Å². The van der Waals surface area contributed by atoms with E-state index in [4.69, 9.17) is 10.3 Å². The summed E-state index contributed by atoms with van der Waals surface area (Å²) < 4.78 is 41.4. The van der Waals surface area contributed by atoms with E-state index >= 15 is 0 Å². The molecule has 0 radical (unpaired) electrons. The highest BCUT2D eigenvalue weighted by molar-refractivity contribution is 7.89. The van der Waals surface area contributed by atoms with Crippen LogP contribution in [0.3, 0.4) is 0 Å². The number of benzene rings is 1. The first-order valence-electron chi connectivity index (χ1n) is 9.91. The fraction of sp³-hybridized carbons (Fsp3) is 0.579. The minimum atomic E-state index is -3.99. The zero-order chi connectivity index (χ0) is 22.9. The van der Waals surface area contributed by atoms with Gasteiger partial charge in [0.2, 0.25) is 10.0 Å². The van der Waals surface area contributed by atoms with Gasteiger partial charge in [0.05, 0.1) is 16.8 Å². The van der Waals surface area contributed by atoms with Crippen LogP contribution < -0.4 is 5.48 Å². The summed E-state index contributed by atoms with van der Waals surface area (Å²) in [4.78, 5) is 24.6. The number of carbonyl (C=O) groups is 2. The summed E-state index contributed by atoms with van der Waals surface area (Å²) in [5.41, 5.74) is -1.34. The molecule has 0 unspecified atom stereocenters. The monoisotopic (exact) mass is 459 g/mol. The zero-order valence-corrected chi connectivity index (χ0v) is 17.6. The molecule has 0 atom stereocenters. The standard InChI is InChI=1S/C19H26FN3O7S/c20-15-4-2-1-3-14(15)19(27)7-11-23(12-8-19)31(29,30)13-18(16(24)21-28)5-9-22(10-6-18)17(25)26/h1-4,27-28H,5-13H2,(H,21,24)(H,25,26).